The van der Waals surface area contributed by atoms with Crippen LogP contribution in [0.4, 0.5) is 5.69 Å². The van der Waals surface area contributed by atoms with Crippen LogP contribution >= 0.6 is 0 Å². The van der Waals surface area contributed by atoms with Gasteiger partial charge in [0, 0.05) is 41.2 Å². The summed E-state index contributed by atoms with van der Waals surface area (Å²) < 4.78 is 24.3. The first kappa shape index (κ1) is 32.6. The molecule has 0 radical (unpaired) electrons. The second-order valence-corrected chi connectivity index (χ2v) is 11.8. The molecule has 0 fully saturated rings. The summed E-state index contributed by atoms with van der Waals surface area (Å²) in [6.07, 6.45) is 10.6. The lowest BCUT2D eigenvalue weighted by Gasteiger charge is -2.09. The molecular formula is C36H40N2O5S. The van der Waals surface area contributed by atoms with Crippen LogP contribution in [0.2, 0.25) is 0 Å². The molecule has 2 N–H and O–H groups in total. The van der Waals surface area contributed by atoms with Gasteiger partial charge in [0.05, 0.1) is 23.2 Å². The van der Waals surface area contributed by atoms with Gasteiger partial charge in [-0.15, -0.1) is 0 Å². The summed E-state index contributed by atoms with van der Waals surface area (Å²) in [6.45, 7) is 6.06. The molecule has 4 aromatic rings. The van der Waals surface area contributed by atoms with Crippen molar-refractivity contribution in [1.82, 2.24) is 4.98 Å². The molecule has 0 bridgehead atoms. The van der Waals surface area contributed by atoms with E-state index in [0.29, 0.717) is 35.1 Å². The van der Waals surface area contributed by atoms with Gasteiger partial charge >= 0.3 is 0 Å². The number of aromatic hydroxyl groups is 1. The summed E-state index contributed by atoms with van der Waals surface area (Å²) in [5, 5.41) is 13.2. The molecule has 1 unspecified atom stereocenters. The first-order valence-electron chi connectivity index (χ1n) is 15.0. The summed E-state index contributed by atoms with van der Waals surface area (Å²) in [5.41, 5.74) is 5.12. The molecular weight excluding hydrogens is 572 g/mol. The van der Waals surface area contributed by atoms with Crippen molar-refractivity contribution in [3.8, 4) is 22.6 Å². The first-order valence-corrected chi connectivity index (χ1v) is 16.3. The first-order chi connectivity index (χ1) is 21.5. The number of unbranched alkanes of at least 4 members (excludes halogenated alkanes) is 1. The second kappa shape index (κ2) is 17.1. The van der Waals surface area contributed by atoms with Gasteiger partial charge in [0.1, 0.15) is 18.1 Å². The average molecular weight is 613 g/mol. The number of aryl methyl sites for hydroxylation is 1. The predicted octanol–water partition coefficient (Wildman–Crippen LogP) is 7.56. The normalized spacial score (nSPS) is 11.9. The minimum atomic E-state index is -1.23. The van der Waals surface area contributed by atoms with Gasteiger partial charge in [0.15, 0.2) is 0 Å². The van der Waals surface area contributed by atoms with Crippen molar-refractivity contribution in [2.24, 2.45) is 0 Å². The number of carbonyl (C=O) groups is 1. The van der Waals surface area contributed by atoms with E-state index in [0.717, 1.165) is 54.7 Å². The molecule has 7 nitrogen and oxygen atoms in total. The number of ether oxygens (including phenoxy) is 2. The van der Waals surface area contributed by atoms with E-state index in [4.69, 9.17) is 9.47 Å². The van der Waals surface area contributed by atoms with E-state index in [2.05, 4.69) is 24.1 Å². The largest absolute Gasteiger partial charge is 0.507 e. The van der Waals surface area contributed by atoms with Gasteiger partial charge in [-0.25, -0.2) is 0 Å². The van der Waals surface area contributed by atoms with E-state index in [1.165, 1.54) is 11.6 Å². The number of pyridine rings is 1. The number of nitrogens with one attached hydrogen (secondary N) is 1. The maximum atomic E-state index is 13.0. The van der Waals surface area contributed by atoms with Crippen LogP contribution in [0.3, 0.4) is 0 Å². The van der Waals surface area contributed by atoms with E-state index in [-0.39, 0.29) is 11.7 Å². The highest BCUT2D eigenvalue weighted by atomic mass is 32.2. The van der Waals surface area contributed by atoms with Crippen LogP contribution in [-0.2, 0) is 32.5 Å². The van der Waals surface area contributed by atoms with Gasteiger partial charge < -0.3 is 19.9 Å². The van der Waals surface area contributed by atoms with E-state index in [9.17, 15) is 14.1 Å². The zero-order valence-corrected chi connectivity index (χ0v) is 26.1. The zero-order chi connectivity index (χ0) is 31.1. The van der Waals surface area contributed by atoms with Crippen molar-refractivity contribution < 1.29 is 23.6 Å². The predicted molar refractivity (Wildman–Crippen MR) is 177 cm³/mol. The van der Waals surface area contributed by atoms with Crippen LogP contribution < -0.4 is 10.1 Å². The van der Waals surface area contributed by atoms with Crippen molar-refractivity contribution in [3.63, 3.8) is 0 Å². The minimum Gasteiger partial charge on any atom is -0.507 e. The number of carbonyl (C=O) groups excluding carboxylic acids is 1. The fourth-order valence-electron chi connectivity index (χ4n) is 4.54. The van der Waals surface area contributed by atoms with Crippen LogP contribution in [0.5, 0.6) is 11.5 Å². The molecule has 0 saturated carbocycles. The zero-order valence-electron chi connectivity index (χ0n) is 25.3. The summed E-state index contributed by atoms with van der Waals surface area (Å²) in [6, 6.07) is 22.0. The Morgan fingerprint density at radius 2 is 1.68 bits per heavy atom. The number of phenols is 1. The third kappa shape index (κ3) is 9.89. The molecule has 0 aliphatic carbocycles. The lowest BCUT2D eigenvalue weighted by atomic mass is 10.0. The Bertz CT molecular complexity index is 1550. The number of nitrogens with zero attached hydrogens (tertiary/aromatic N) is 1. The second-order valence-electron chi connectivity index (χ2n) is 10.3. The van der Waals surface area contributed by atoms with E-state index in [1.807, 2.05) is 42.5 Å². The highest BCUT2D eigenvalue weighted by Crippen LogP contribution is 2.28. The third-order valence-corrected chi connectivity index (χ3v) is 8.33. The summed E-state index contributed by atoms with van der Waals surface area (Å²) in [4.78, 5) is 17.5. The topological polar surface area (TPSA) is 97.7 Å². The molecule has 3 aromatic carbocycles. The van der Waals surface area contributed by atoms with Crippen molar-refractivity contribution >= 4 is 28.5 Å². The number of anilines is 1. The van der Waals surface area contributed by atoms with Gasteiger partial charge in [0.25, 0.3) is 0 Å². The molecule has 1 heterocycles. The van der Waals surface area contributed by atoms with Crippen LogP contribution in [0.1, 0.15) is 49.8 Å². The van der Waals surface area contributed by atoms with Crippen LogP contribution in [0, 0.1) is 0 Å². The summed E-state index contributed by atoms with van der Waals surface area (Å²) >= 11 is 0. The van der Waals surface area contributed by atoms with Crippen molar-refractivity contribution in [1.29, 1.82) is 0 Å². The molecule has 0 aliphatic heterocycles. The van der Waals surface area contributed by atoms with E-state index < -0.39 is 10.8 Å². The molecule has 0 saturated heterocycles. The monoisotopic (exact) mass is 612 g/mol. The molecule has 0 spiro atoms. The number of hydrogen-bond donors (Lipinski definition) is 2. The highest BCUT2D eigenvalue weighted by Gasteiger charge is 2.10. The molecule has 44 heavy (non-hydrogen) atoms. The number of hydrogen-bond acceptors (Lipinski definition) is 6. The van der Waals surface area contributed by atoms with Gasteiger partial charge in [-0.3, -0.25) is 14.0 Å². The van der Waals surface area contributed by atoms with E-state index >= 15 is 0 Å². The fourth-order valence-corrected chi connectivity index (χ4v) is 5.69. The highest BCUT2D eigenvalue weighted by molar-refractivity contribution is 7.84. The molecule has 1 amide bonds. The minimum absolute atomic E-state index is 0.0726. The molecule has 4 rings (SSSR count). The Morgan fingerprint density at radius 3 is 2.43 bits per heavy atom. The molecule has 8 heteroatoms. The maximum Gasteiger partial charge on any atom is 0.248 e. The van der Waals surface area contributed by atoms with Crippen molar-refractivity contribution in [2.75, 3.05) is 25.1 Å². The SMILES string of the molecule is CCCCOCCOc1ccc(-c2ccc(O)c(/C=C/C(=O)Nc3ccc(S(=O)Cc4cnccc4CCC)cc3)c2)cc1. The standard InChI is InChI=1S/C36H40N2O5S/c1-3-5-21-42-22-23-43-33-13-7-28(8-14-33)29-9-17-35(39)30(24-29)10-18-36(40)38-32-11-15-34(16-12-32)44(41)26-31-25-37-20-19-27(31)6-4-2/h7-20,24-25,39H,3-6,21-23,26H2,1-2H3,(H,38,40)/b18-10+. The van der Waals surface area contributed by atoms with Crippen LogP contribution in [0.25, 0.3) is 17.2 Å². The fraction of sp³-hybridized carbons (Fsp3) is 0.278. The number of benzene rings is 3. The van der Waals surface area contributed by atoms with Crippen LogP contribution in [0.15, 0.2) is 96.2 Å². The smallest absolute Gasteiger partial charge is 0.248 e. The molecule has 230 valence electrons. The Kier molecular flexibility index (Phi) is 12.7. The van der Waals surface area contributed by atoms with Crippen molar-refractivity contribution in [3.05, 3.63) is 108 Å². The Hall–Kier alpha value is -4.27. The number of amides is 1. The van der Waals surface area contributed by atoms with Gasteiger partial charge in [0.2, 0.25) is 5.91 Å². The third-order valence-electron chi connectivity index (χ3n) is 6.96. The Labute approximate surface area is 262 Å². The molecule has 1 aromatic heterocycles. The molecule has 0 aliphatic rings. The number of rotatable bonds is 16. The lowest BCUT2D eigenvalue weighted by molar-refractivity contribution is -0.111. The van der Waals surface area contributed by atoms with Crippen molar-refractivity contribution in [2.45, 2.75) is 50.2 Å². The average Bonchev–Trinajstić information content (AvgIpc) is 3.04. The summed E-state index contributed by atoms with van der Waals surface area (Å²) in [5.74, 6) is 0.885. The number of phenolic OH excluding ortho intramolecular Hbond substituents is 1. The van der Waals surface area contributed by atoms with Gasteiger partial charge in [-0.05, 0) is 95.8 Å². The molecule has 1 atom stereocenters. The van der Waals surface area contributed by atoms with Gasteiger partial charge in [-0.2, -0.15) is 0 Å². The van der Waals surface area contributed by atoms with Crippen LogP contribution in [-0.4, -0.2) is 40.0 Å². The lowest BCUT2D eigenvalue weighted by Crippen LogP contribution is -2.08. The maximum absolute atomic E-state index is 13.0. The quantitative estimate of drug-likeness (QED) is 0.100. The van der Waals surface area contributed by atoms with E-state index in [1.54, 1.807) is 48.8 Å². The number of aromatic nitrogens is 1. The summed E-state index contributed by atoms with van der Waals surface area (Å²) in [7, 11) is -1.23. The Morgan fingerprint density at radius 1 is 0.909 bits per heavy atom. The van der Waals surface area contributed by atoms with Gasteiger partial charge in [-0.1, -0.05) is 44.9 Å². The Balaban J connectivity index is 1.31.